The molecule has 0 unspecified atom stereocenters. The minimum absolute atomic E-state index is 0.0725. The van der Waals surface area contributed by atoms with Crippen molar-refractivity contribution in [1.82, 2.24) is 5.32 Å². The van der Waals surface area contributed by atoms with Crippen molar-refractivity contribution in [2.75, 3.05) is 0 Å². The summed E-state index contributed by atoms with van der Waals surface area (Å²) in [5.41, 5.74) is 5.65. The molecule has 23 heavy (non-hydrogen) atoms. The zero-order valence-electron chi connectivity index (χ0n) is 14.0. The first-order valence-electron chi connectivity index (χ1n) is 7.74. The summed E-state index contributed by atoms with van der Waals surface area (Å²) < 4.78 is 6.00. The van der Waals surface area contributed by atoms with E-state index in [-0.39, 0.29) is 11.7 Å². The number of dihydropyridines is 1. The van der Waals surface area contributed by atoms with Crippen molar-refractivity contribution in [3.05, 3.63) is 70.8 Å². The Bertz CT molecular complexity index is 809. The number of carbonyl (C=O) groups is 1. The molecule has 0 aliphatic carbocycles. The SMILES string of the molecule is C=C1C=C(C)Oc2c1cccc2[C@H]1C=C(C)NC(C)=C1C(C)=O. The molecule has 3 nitrogen and oxygen atoms in total. The van der Waals surface area contributed by atoms with Gasteiger partial charge in [-0.15, -0.1) is 0 Å². The van der Waals surface area contributed by atoms with Crippen LogP contribution in [0.3, 0.4) is 0 Å². The largest absolute Gasteiger partial charge is 0.461 e. The van der Waals surface area contributed by atoms with E-state index in [2.05, 4.69) is 18.0 Å². The maximum Gasteiger partial charge on any atom is 0.158 e. The van der Waals surface area contributed by atoms with Crippen LogP contribution in [0.4, 0.5) is 0 Å². The van der Waals surface area contributed by atoms with Crippen molar-refractivity contribution in [3.63, 3.8) is 0 Å². The van der Waals surface area contributed by atoms with Gasteiger partial charge in [-0.1, -0.05) is 30.9 Å². The van der Waals surface area contributed by atoms with Gasteiger partial charge in [0.15, 0.2) is 5.78 Å². The monoisotopic (exact) mass is 307 g/mol. The van der Waals surface area contributed by atoms with E-state index in [0.29, 0.717) is 0 Å². The van der Waals surface area contributed by atoms with E-state index in [1.807, 2.05) is 45.0 Å². The van der Waals surface area contributed by atoms with Gasteiger partial charge in [0.25, 0.3) is 0 Å². The second-order valence-corrected chi connectivity index (χ2v) is 6.15. The van der Waals surface area contributed by atoms with Crippen LogP contribution in [-0.4, -0.2) is 5.78 Å². The van der Waals surface area contributed by atoms with E-state index in [1.54, 1.807) is 6.92 Å². The fraction of sp³-hybridized carbons (Fsp3) is 0.250. The molecule has 0 radical (unpaired) electrons. The summed E-state index contributed by atoms with van der Waals surface area (Å²) >= 11 is 0. The highest BCUT2D eigenvalue weighted by Gasteiger charge is 2.29. The van der Waals surface area contributed by atoms with E-state index >= 15 is 0 Å². The van der Waals surface area contributed by atoms with Crippen LogP contribution in [0.15, 0.2) is 59.7 Å². The number of hydrogen-bond donors (Lipinski definition) is 1. The lowest BCUT2D eigenvalue weighted by atomic mass is 9.83. The van der Waals surface area contributed by atoms with Crippen LogP contribution in [0, 0.1) is 0 Å². The molecule has 1 aromatic carbocycles. The number of fused-ring (bicyclic) bond motifs is 1. The standard InChI is InChI=1S/C20H21NO2/c1-11-9-13(3)23-20-16(11)7-6-8-17(20)18-10-12(2)21-14(4)19(18)15(5)22/h6-10,18,21H,1H2,2-5H3/t18-/m1/s1. The maximum absolute atomic E-state index is 12.2. The van der Waals surface area contributed by atoms with Gasteiger partial charge in [-0.2, -0.15) is 0 Å². The Morgan fingerprint density at radius 1 is 1.26 bits per heavy atom. The van der Waals surface area contributed by atoms with E-state index in [0.717, 1.165) is 45.2 Å². The van der Waals surface area contributed by atoms with Gasteiger partial charge < -0.3 is 10.1 Å². The molecule has 2 aliphatic rings. The molecule has 118 valence electrons. The second kappa shape index (κ2) is 5.58. The first-order valence-corrected chi connectivity index (χ1v) is 7.74. The van der Waals surface area contributed by atoms with Crippen LogP contribution in [0.1, 0.15) is 44.7 Å². The molecule has 0 bridgehead atoms. The number of allylic oxidation sites excluding steroid dienone is 7. The van der Waals surface area contributed by atoms with Gasteiger partial charge in [-0.25, -0.2) is 0 Å². The maximum atomic E-state index is 12.2. The molecule has 0 aromatic heterocycles. The lowest BCUT2D eigenvalue weighted by Gasteiger charge is -2.29. The van der Waals surface area contributed by atoms with Gasteiger partial charge in [0, 0.05) is 34.0 Å². The minimum atomic E-state index is -0.109. The summed E-state index contributed by atoms with van der Waals surface area (Å²) in [6, 6.07) is 6.03. The summed E-state index contributed by atoms with van der Waals surface area (Å²) in [6.07, 6.45) is 4.02. The van der Waals surface area contributed by atoms with Gasteiger partial charge in [0.1, 0.15) is 11.5 Å². The molecule has 0 fully saturated rings. The summed E-state index contributed by atoms with van der Waals surface area (Å²) in [7, 11) is 0. The molecule has 0 spiro atoms. The van der Waals surface area contributed by atoms with Crippen LogP contribution in [0.2, 0.25) is 0 Å². The third kappa shape index (κ3) is 2.63. The van der Waals surface area contributed by atoms with Crippen LogP contribution in [0.25, 0.3) is 5.57 Å². The number of hydrogen-bond acceptors (Lipinski definition) is 3. The van der Waals surface area contributed by atoms with Crippen molar-refractivity contribution in [2.24, 2.45) is 0 Å². The lowest BCUT2D eigenvalue weighted by Crippen LogP contribution is -2.24. The molecule has 1 aromatic rings. The number of Topliss-reactive ketones (excluding diaryl/α,β-unsaturated/α-hetero) is 1. The molecule has 3 heteroatoms. The quantitative estimate of drug-likeness (QED) is 0.877. The van der Waals surface area contributed by atoms with Crippen LogP contribution < -0.4 is 10.1 Å². The van der Waals surface area contributed by atoms with Gasteiger partial charge in [0.05, 0.1) is 0 Å². The molecule has 2 aliphatic heterocycles. The molecule has 0 amide bonds. The smallest absolute Gasteiger partial charge is 0.158 e. The van der Waals surface area contributed by atoms with E-state index in [4.69, 9.17) is 4.74 Å². The second-order valence-electron chi connectivity index (χ2n) is 6.15. The zero-order chi connectivity index (χ0) is 16.7. The van der Waals surface area contributed by atoms with Crippen molar-refractivity contribution < 1.29 is 9.53 Å². The van der Waals surface area contributed by atoms with E-state index in [1.165, 1.54) is 0 Å². The van der Waals surface area contributed by atoms with Crippen molar-refractivity contribution in [2.45, 2.75) is 33.6 Å². The Hall–Kier alpha value is -2.55. The number of ether oxygens (including phenoxy) is 1. The third-order valence-electron chi connectivity index (χ3n) is 4.26. The highest BCUT2D eigenvalue weighted by Crippen LogP contribution is 2.43. The average Bonchev–Trinajstić information content (AvgIpc) is 2.45. The van der Waals surface area contributed by atoms with E-state index < -0.39 is 0 Å². The highest BCUT2D eigenvalue weighted by atomic mass is 16.5. The van der Waals surface area contributed by atoms with E-state index in [9.17, 15) is 4.79 Å². The number of rotatable bonds is 2. The van der Waals surface area contributed by atoms with Crippen molar-refractivity contribution in [1.29, 1.82) is 0 Å². The summed E-state index contributed by atoms with van der Waals surface area (Å²) in [5.74, 6) is 1.58. The summed E-state index contributed by atoms with van der Waals surface area (Å²) in [4.78, 5) is 12.2. The normalized spacial score (nSPS) is 20.2. The number of para-hydroxylation sites is 1. The number of carbonyl (C=O) groups excluding carboxylic acids is 1. The van der Waals surface area contributed by atoms with Crippen LogP contribution in [0.5, 0.6) is 5.75 Å². The van der Waals surface area contributed by atoms with Crippen LogP contribution in [-0.2, 0) is 4.79 Å². The van der Waals surface area contributed by atoms with Gasteiger partial charge in [-0.3, -0.25) is 4.79 Å². The first-order chi connectivity index (χ1) is 10.9. The Labute approximate surface area is 137 Å². The zero-order valence-corrected chi connectivity index (χ0v) is 14.0. The van der Waals surface area contributed by atoms with Gasteiger partial charge in [0.2, 0.25) is 0 Å². The third-order valence-corrected chi connectivity index (χ3v) is 4.26. The highest BCUT2D eigenvalue weighted by molar-refractivity contribution is 5.96. The molecule has 2 heterocycles. The number of ketones is 1. The lowest BCUT2D eigenvalue weighted by molar-refractivity contribution is -0.113. The topological polar surface area (TPSA) is 38.3 Å². The molecule has 3 rings (SSSR count). The van der Waals surface area contributed by atoms with Gasteiger partial charge >= 0.3 is 0 Å². The Balaban J connectivity index is 2.20. The molecule has 0 saturated heterocycles. The Kier molecular flexibility index (Phi) is 3.72. The predicted octanol–water partition coefficient (Wildman–Crippen LogP) is 4.45. The fourth-order valence-corrected chi connectivity index (χ4v) is 3.38. The fourth-order valence-electron chi connectivity index (χ4n) is 3.38. The predicted molar refractivity (Wildman–Crippen MR) is 92.9 cm³/mol. The average molecular weight is 307 g/mol. The molecule has 1 N–H and O–H groups in total. The number of benzene rings is 1. The van der Waals surface area contributed by atoms with Crippen molar-refractivity contribution >= 4 is 11.4 Å². The van der Waals surface area contributed by atoms with Crippen LogP contribution >= 0.6 is 0 Å². The molecular formula is C20H21NO2. The number of nitrogens with one attached hydrogen (secondary N) is 1. The molecule has 0 saturated carbocycles. The first kappa shape index (κ1) is 15.3. The van der Waals surface area contributed by atoms with Gasteiger partial charge in [-0.05, 0) is 39.3 Å². The Morgan fingerprint density at radius 2 is 2.00 bits per heavy atom. The summed E-state index contributed by atoms with van der Waals surface area (Å²) in [6.45, 7) is 11.6. The molecular weight excluding hydrogens is 286 g/mol. The summed E-state index contributed by atoms with van der Waals surface area (Å²) in [5, 5.41) is 3.26. The molecule has 1 atom stereocenters. The van der Waals surface area contributed by atoms with Crippen molar-refractivity contribution in [3.8, 4) is 5.75 Å². The Morgan fingerprint density at radius 3 is 2.70 bits per heavy atom. The minimum Gasteiger partial charge on any atom is -0.461 e.